The van der Waals surface area contributed by atoms with Gasteiger partial charge in [-0.2, -0.15) is 18.2 Å². The molecule has 0 aliphatic rings. The van der Waals surface area contributed by atoms with Crippen molar-refractivity contribution in [2.24, 2.45) is 0 Å². The van der Waals surface area contributed by atoms with Crippen LogP contribution in [0.1, 0.15) is 11.1 Å². The fourth-order valence-electron chi connectivity index (χ4n) is 1.66. The van der Waals surface area contributed by atoms with E-state index < -0.39 is 0 Å². The molecule has 2 aromatic rings. The van der Waals surface area contributed by atoms with E-state index in [9.17, 15) is 0 Å². The van der Waals surface area contributed by atoms with Crippen LogP contribution in [0.3, 0.4) is 0 Å². The number of benzene rings is 2. The third kappa shape index (κ3) is 5.95. The smallest absolute Gasteiger partial charge is 1.00 e. The molecule has 0 aliphatic heterocycles. The first-order valence-corrected chi connectivity index (χ1v) is 5.55. The number of rotatable bonds is 5. The van der Waals surface area contributed by atoms with Crippen molar-refractivity contribution in [3.05, 3.63) is 65.7 Å². The molecule has 4 heteroatoms. The average Bonchev–Trinajstić information content (AvgIpc) is 2.39. The molecule has 0 unspecified atom stereocenters. The van der Waals surface area contributed by atoms with Crippen LogP contribution in [0, 0.1) is 6.07 Å². The summed E-state index contributed by atoms with van der Waals surface area (Å²) in [5.74, 6) is 0.762. The molecule has 0 heterocycles. The molecule has 0 amide bonds. The van der Waals surface area contributed by atoms with Gasteiger partial charge in [0, 0.05) is 12.9 Å². The van der Waals surface area contributed by atoms with Crippen LogP contribution >= 0.6 is 0 Å². The predicted octanol–water partition coefficient (Wildman–Crippen LogP) is -0.317. The summed E-state index contributed by atoms with van der Waals surface area (Å²) in [5, 5.41) is 0. The Kier molecular flexibility index (Phi) is 9.96. The van der Waals surface area contributed by atoms with Gasteiger partial charge in [0.2, 0.25) is 0 Å². The molecule has 0 saturated heterocycles. The van der Waals surface area contributed by atoms with E-state index in [0.717, 1.165) is 17.7 Å². The van der Waals surface area contributed by atoms with Crippen LogP contribution in [0.2, 0.25) is 0 Å². The van der Waals surface area contributed by atoms with Gasteiger partial charge >= 0.3 is 23.1 Å². The number of ether oxygens (including phenoxy) is 2. The van der Waals surface area contributed by atoms with Crippen molar-refractivity contribution < 1.29 is 26.5 Å². The molecule has 19 heavy (non-hydrogen) atoms. The van der Waals surface area contributed by atoms with Gasteiger partial charge in [-0.25, -0.2) is 0 Å². The molecule has 0 atom stereocenters. The number of para-hydroxylation sites is 1. The molecule has 0 radical (unpaired) electrons. The van der Waals surface area contributed by atoms with E-state index in [1.807, 2.05) is 30.3 Å². The molecule has 0 fully saturated rings. The zero-order chi connectivity index (χ0) is 11.9. The molecule has 0 N–H and O–H groups in total. The molecule has 0 bridgehead atoms. The van der Waals surface area contributed by atoms with Gasteiger partial charge in [0.1, 0.15) is 0 Å². The molecule has 0 spiro atoms. The zero-order valence-electron chi connectivity index (χ0n) is 10.9. The minimum atomic E-state index is 0. The Morgan fingerprint density at radius 2 is 1.79 bits per heavy atom. The second-order valence-corrected chi connectivity index (χ2v) is 3.74. The van der Waals surface area contributed by atoms with E-state index in [1.165, 1.54) is 5.56 Å². The minimum absolute atomic E-state index is 0. The summed E-state index contributed by atoms with van der Waals surface area (Å²) in [7, 11) is 1.61. The van der Waals surface area contributed by atoms with Gasteiger partial charge in [0.25, 0.3) is 0 Å². The van der Waals surface area contributed by atoms with Gasteiger partial charge < -0.3 is 26.5 Å². The van der Waals surface area contributed by atoms with Gasteiger partial charge in [0.05, 0.1) is 0 Å². The van der Waals surface area contributed by atoms with Crippen LogP contribution in [0.4, 0.5) is 0 Å². The van der Waals surface area contributed by atoms with E-state index in [1.54, 1.807) is 7.11 Å². The molecule has 0 aliphatic carbocycles. The first-order valence-electron chi connectivity index (χ1n) is 5.55. The summed E-state index contributed by atoms with van der Waals surface area (Å²) in [6.45, 7) is 0.252. The molecular formula is C15H15BrMgO2. The van der Waals surface area contributed by atoms with Gasteiger partial charge in [-0.15, -0.1) is 11.6 Å². The van der Waals surface area contributed by atoms with Gasteiger partial charge in [-0.3, -0.25) is 0 Å². The molecule has 0 aromatic heterocycles. The topological polar surface area (TPSA) is 18.5 Å². The van der Waals surface area contributed by atoms with Crippen LogP contribution in [0.25, 0.3) is 0 Å². The molecule has 0 saturated carbocycles. The van der Waals surface area contributed by atoms with Crippen molar-refractivity contribution >= 4 is 23.1 Å². The second kappa shape index (κ2) is 10.3. The Bertz CT molecular complexity index is 463. The summed E-state index contributed by atoms with van der Waals surface area (Å²) >= 11 is 0. The SMILES string of the molecule is COCOc1[c-]cccc1Cc1ccccc1.[Br-].[Mg+2]. The summed E-state index contributed by atoms with van der Waals surface area (Å²) in [6.07, 6.45) is 0.844. The normalized spacial score (nSPS) is 9.11. The van der Waals surface area contributed by atoms with E-state index in [-0.39, 0.29) is 46.8 Å². The van der Waals surface area contributed by atoms with Crippen molar-refractivity contribution in [2.75, 3.05) is 13.9 Å². The van der Waals surface area contributed by atoms with Crippen molar-refractivity contribution in [3.8, 4) is 5.75 Å². The van der Waals surface area contributed by atoms with Gasteiger partial charge in [-0.1, -0.05) is 35.9 Å². The van der Waals surface area contributed by atoms with Crippen molar-refractivity contribution in [2.45, 2.75) is 6.42 Å². The summed E-state index contributed by atoms with van der Waals surface area (Å²) in [5.41, 5.74) is 2.38. The number of hydrogen-bond donors (Lipinski definition) is 0. The Morgan fingerprint density at radius 1 is 1.05 bits per heavy atom. The Balaban J connectivity index is 0.00000162. The van der Waals surface area contributed by atoms with E-state index in [2.05, 4.69) is 24.3 Å². The Morgan fingerprint density at radius 3 is 2.47 bits per heavy atom. The maximum atomic E-state index is 5.48. The van der Waals surface area contributed by atoms with Crippen molar-refractivity contribution in [1.29, 1.82) is 0 Å². The van der Waals surface area contributed by atoms with Crippen LogP contribution < -0.4 is 21.7 Å². The quantitative estimate of drug-likeness (QED) is 0.425. The minimum Gasteiger partial charge on any atom is -1.00 e. The Labute approximate surface area is 141 Å². The number of hydrogen-bond acceptors (Lipinski definition) is 2. The predicted molar refractivity (Wildman–Crippen MR) is 72.8 cm³/mol. The van der Waals surface area contributed by atoms with Crippen molar-refractivity contribution in [3.63, 3.8) is 0 Å². The average molecular weight is 331 g/mol. The third-order valence-electron chi connectivity index (χ3n) is 2.46. The summed E-state index contributed by atoms with van der Waals surface area (Å²) in [6, 6.07) is 19.3. The molecule has 2 aromatic carbocycles. The number of methoxy groups -OCH3 is 1. The van der Waals surface area contributed by atoms with Crippen LogP contribution in [-0.4, -0.2) is 37.0 Å². The summed E-state index contributed by atoms with van der Waals surface area (Å²) in [4.78, 5) is 0. The fourth-order valence-corrected chi connectivity index (χ4v) is 1.66. The standard InChI is InChI=1S/C15H15O2.BrH.Mg/c1-16-12-17-15-10-6-5-9-14(15)11-13-7-3-2-4-8-13;;/h2-9H,11-12H2,1H3;1H;/q-1;;+2/p-1. The van der Waals surface area contributed by atoms with Crippen molar-refractivity contribution in [1.82, 2.24) is 0 Å². The summed E-state index contributed by atoms with van der Waals surface area (Å²) < 4.78 is 10.4. The largest absolute Gasteiger partial charge is 2.00 e. The molecule has 2 nitrogen and oxygen atoms in total. The van der Waals surface area contributed by atoms with Crippen LogP contribution in [0.5, 0.6) is 5.75 Å². The van der Waals surface area contributed by atoms with Crippen LogP contribution in [0.15, 0.2) is 48.5 Å². The van der Waals surface area contributed by atoms with E-state index >= 15 is 0 Å². The maximum Gasteiger partial charge on any atom is 2.00 e. The third-order valence-corrected chi connectivity index (χ3v) is 2.46. The number of halogens is 1. The maximum absolute atomic E-state index is 5.48. The second-order valence-electron chi connectivity index (χ2n) is 3.74. The molecule has 96 valence electrons. The fraction of sp³-hybridized carbons (Fsp3) is 0.200. The van der Waals surface area contributed by atoms with Gasteiger partial charge in [-0.05, 0) is 6.42 Å². The van der Waals surface area contributed by atoms with Gasteiger partial charge in [0.15, 0.2) is 6.79 Å². The monoisotopic (exact) mass is 330 g/mol. The zero-order valence-corrected chi connectivity index (χ0v) is 13.9. The van der Waals surface area contributed by atoms with Crippen LogP contribution in [-0.2, 0) is 11.2 Å². The Hall–Kier alpha value is -0.554. The first-order chi connectivity index (χ1) is 8.40. The molecule has 2 rings (SSSR count). The van der Waals surface area contributed by atoms with E-state index in [4.69, 9.17) is 9.47 Å². The van der Waals surface area contributed by atoms with E-state index in [0.29, 0.717) is 0 Å². The molecular weight excluding hydrogens is 316 g/mol. The first kappa shape index (κ1) is 18.4.